The third kappa shape index (κ3) is 30.6. The number of hydrogen-bond acceptors (Lipinski definition) is 15. The summed E-state index contributed by atoms with van der Waals surface area (Å²) in [6.07, 6.45) is 18.2. The van der Waals surface area contributed by atoms with Crippen LogP contribution in [0.4, 0.5) is 0 Å². The van der Waals surface area contributed by atoms with Gasteiger partial charge in [0.05, 0.1) is 18.8 Å². The SMILES string of the molecule is CCCCCC/C=C\CCCCCCCC(=O)O[C@H](COC(=O)CCC[C@@H](O)/C=C/C=C\C/C=C\C=C\[C@@H](O)CCCCC)COP(=O)(O)O[C@H]1C(O)C(O)C(O)[C@@H](OP(=O)(O)O)C1O. The van der Waals surface area contributed by atoms with Crippen LogP contribution in [0, 0.1) is 0 Å². The fourth-order valence-corrected chi connectivity index (χ4v) is 8.12. The fraction of sp³-hybridized carbons (Fsp3) is 0.733. The zero-order valence-electron chi connectivity index (χ0n) is 38.1. The Bertz CT molecular complexity index is 1530. The summed E-state index contributed by atoms with van der Waals surface area (Å²) in [5, 5.41) is 61.4. The number of carbonyl (C=O) groups is 2. The van der Waals surface area contributed by atoms with Crippen LogP contribution in [0.15, 0.2) is 60.8 Å². The molecule has 10 atom stereocenters. The van der Waals surface area contributed by atoms with E-state index in [1.807, 2.05) is 24.3 Å². The Hall–Kier alpha value is -2.38. The Morgan fingerprint density at radius 3 is 1.66 bits per heavy atom. The molecule has 1 rings (SSSR count). The molecule has 1 aliphatic rings. The monoisotopic (exact) mass is 968 g/mol. The van der Waals surface area contributed by atoms with E-state index in [1.165, 1.54) is 25.7 Å². The summed E-state index contributed by atoms with van der Waals surface area (Å²) >= 11 is 0. The first-order valence-electron chi connectivity index (χ1n) is 23.1. The van der Waals surface area contributed by atoms with Crippen molar-refractivity contribution in [3.8, 4) is 0 Å². The van der Waals surface area contributed by atoms with Gasteiger partial charge in [-0.1, -0.05) is 132 Å². The van der Waals surface area contributed by atoms with Gasteiger partial charge in [0.1, 0.15) is 43.2 Å². The molecule has 0 aromatic rings. The van der Waals surface area contributed by atoms with E-state index in [9.17, 15) is 54.3 Å². The lowest BCUT2D eigenvalue weighted by Gasteiger charge is -2.43. The Balaban J connectivity index is 2.72. The largest absolute Gasteiger partial charge is 0.472 e. The lowest BCUT2D eigenvalue weighted by Crippen LogP contribution is -2.64. The molecular weight excluding hydrogens is 890 g/mol. The van der Waals surface area contributed by atoms with Gasteiger partial charge in [0.2, 0.25) is 0 Å². The number of phosphoric ester groups is 2. The molecule has 1 fully saturated rings. The molecule has 1 saturated carbocycles. The molecule has 0 bridgehead atoms. The van der Waals surface area contributed by atoms with Gasteiger partial charge in [-0.15, -0.1) is 0 Å². The predicted octanol–water partition coefficient (Wildman–Crippen LogP) is 6.22. The topological polar surface area (TPSA) is 296 Å². The van der Waals surface area contributed by atoms with E-state index in [-0.39, 0.29) is 25.7 Å². The van der Waals surface area contributed by atoms with Crippen molar-refractivity contribution in [2.45, 2.75) is 197 Å². The normalized spacial score (nSPS) is 23.2. The van der Waals surface area contributed by atoms with Crippen LogP contribution in [-0.4, -0.2) is 125 Å². The van der Waals surface area contributed by atoms with Crippen molar-refractivity contribution in [1.82, 2.24) is 0 Å². The number of esters is 2. The van der Waals surface area contributed by atoms with Gasteiger partial charge in [-0.3, -0.25) is 23.2 Å². The maximum absolute atomic E-state index is 13.0. The van der Waals surface area contributed by atoms with E-state index in [0.29, 0.717) is 12.8 Å². The van der Waals surface area contributed by atoms with Crippen molar-refractivity contribution >= 4 is 27.6 Å². The minimum Gasteiger partial charge on any atom is -0.462 e. The van der Waals surface area contributed by atoms with Crippen LogP contribution in [0.1, 0.15) is 142 Å². The van der Waals surface area contributed by atoms with Crippen molar-refractivity contribution in [3.63, 3.8) is 0 Å². The van der Waals surface area contributed by atoms with Crippen molar-refractivity contribution in [2.24, 2.45) is 0 Å². The summed E-state index contributed by atoms with van der Waals surface area (Å²) in [4.78, 5) is 54.2. The van der Waals surface area contributed by atoms with E-state index in [1.54, 1.807) is 24.3 Å². The molecule has 20 heteroatoms. The van der Waals surface area contributed by atoms with Crippen LogP contribution < -0.4 is 0 Å². The minimum absolute atomic E-state index is 0.0179. The van der Waals surface area contributed by atoms with Gasteiger partial charge in [0.25, 0.3) is 0 Å². The van der Waals surface area contributed by atoms with Gasteiger partial charge < -0.3 is 54.8 Å². The second-order valence-electron chi connectivity index (χ2n) is 16.2. The van der Waals surface area contributed by atoms with Crippen LogP contribution >= 0.6 is 15.6 Å². The van der Waals surface area contributed by atoms with Crippen LogP contribution in [-0.2, 0) is 41.8 Å². The molecular formula is C45H78O18P2. The summed E-state index contributed by atoms with van der Waals surface area (Å²) in [7, 11) is -10.8. The molecule has 0 spiro atoms. The van der Waals surface area contributed by atoms with Gasteiger partial charge in [-0.25, -0.2) is 9.13 Å². The van der Waals surface area contributed by atoms with Crippen LogP contribution in [0.2, 0.25) is 0 Å². The highest BCUT2D eigenvalue weighted by atomic mass is 31.2. The molecule has 0 aromatic heterocycles. The lowest BCUT2D eigenvalue weighted by molar-refractivity contribution is -0.216. The standard InChI is InChI=1S/C45H78O18P2/c1-3-5-7-8-9-10-11-12-13-14-18-21-25-31-39(49)61-37(34-60-65(57,58)63-45-42(52)40(50)41(51)44(43(45)53)62-64(54,55)56)33-59-38(48)32-26-30-36(47)29-24-20-17-15-16-19-23-28-35(46)27-22-6-4-2/h10-11,16-17,19-20,23-24,28-29,35-37,40-47,50-53H,3-9,12-15,18,21-22,25-27,30-34H2,1-2H3,(H,57,58)(H2,54,55,56)/b11-10-,19-16-,20-17-,28-23+,29-24+/t35-,36-,37+,40?,41?,42?,43?,44+,45-/m0/s1. The minimum atomic E-state index is -5.39. The predicted molar refractivity (Wildman–Crippen MR) is 244 cm³/mol. The molecule has 18 nitrogen and oxygen atoms in total. The molecule has 0 amide bonds. The summed E-state index contributed by atoms with van der Waals surface area (Å²) in [5.74, 6) is -1.45. The van der Waals surface area contributed by atoms with Crippen LogP contribution in [0.25, 0.3) is 0 Å². The van der Waals surface area contributed by atoms with Crippen molar-refractivity contribution in [2.75, 3.05) is 13.2 Å². The van der Waals surface area contributed by atoms with E-state index in [4.69, 9.17) is 28.3 Å². The van der Waals surface area contributed by atoms with Gasteiger partial charge in [0.15, 0.2) is 6.10 Å². The number of carbonyl (C=O) groups excluding carboxylic acids is 2. The van der Waals surface area contributed by atoms with Crippen molar-refractivity contribution < 1.29 is 87.1 Å². The summed E-state index contributed by atoms with van der Waals surface area (Å²) in [6.45, 7) is 2.77. The van der Waals surface area contributed by atoms with Gasteiger partial charge in [-0.2, -0.15) is 0 Å². The average Bonchev–Trinajstić information content (AvgIpc) is 3.25. The third-order valence-electron chi connectivity index (χ3n) is 10.3. The van der Waals surface area contributed by atoms with E-state index in [2.05, 4.69) is 30.5 Å². The maximum atomic E-state index is 13.0. The summed E-state index contributed by atoms with van der Waals surface area (Å²) < 4.78 is 49.1. The van der Waals surface area contributed by atoms with Gasteiger partial charge in [0, 0.05) is 12.8 Å². The second-order valence-corrected chi connectivity index (χ2v) is 18.8. The molecule has 376 valence electrons. The zero-order valence-corrected chi connectivity index (χ0v) is 39.9. The molecule has 65 heavy (non-hydrogen) atoms. The Morgan fingerprint density at radius 1 is 0.569 bits per heavy atom. The molecule has 9 N–H and O–H groups in total. The van der Waals surface area contributed by atoms with Gasteiger partial charge >= 0.3 is 27.6 Å². The Kier molecular flexibility index (Phi) is 33.3. The lowest BCUT2D eigenvalue weighted by atomic mass is 9.85. The number of hydrogen-bond donors (Lipinski definition) is 9. The average molecular weight is 969 g/mol. The van der Waals surface area contributed by atoms with Crippen molar-refractivity contribution in [1.29, 1.82) is 0 Å². The van der Waals surface area contributed by atoms with E-state index >= 15 is 0 Å². The van der Waals surface area contributed by atoms with Crippen LogP contribution in [0.5, 0.6) is 0 Å². The smallest absolute Gasteiger partial charge is 0.462 e. The first kappa shape index (κ1) is 60.6. The van der Waals surface area contributed by atoms with Crippen molar-refractivity contribution in [3.05, 3.63) is 60.8 Å². The Labute approximate surface area is 384 Å². The highest BCUT2D eigenvalue weighted by molar-refractivity contribution is 7.47. The second kappa shape index (κ2) is 35.7. The quantitative estimate of drug-likeness (QED) is 0.0110. The molecule has 1 aliphatic carbocycles. The number of unbranched alkanes of at least 4 members (excludes halogenated alkanes) is 11. The molecule has 0 radical (unpaired) electrons. The Morgan fingerprint density at radius 2 is 1.08 bits per heavy atom. The number of ether oxygens (including phenoxy) is 2. The van der Waals surface area contributed by atoms with E-state index in [0.717, 1.165) is 64.2 Å². The highest BCUT2D eigenvalue weighted by Crippen LogP contribution is 2.49. The number of rotatable bonds is 37. The highest BCUT2D eigenvalue weighted by Gasteiger charge is 2.54. The molecule has 0 saturated heterocycles. The first-order chi connectivity index (χ1) is 30.9. The maximum Gasteiger partial charge on any atom is 0.472 e. The summed E-state index contributed by atoms with van der Waals surface area (Å²) in [5.41, 5.74) is 0. The van der Waals surface area contributed by atoms with Gasteiger partial charge in [-0.05, 0) is 57.8 Å². The molecule has 0 aromatic carbocycles. The van der Waals surface area contributed by atoms with Crippen LogP contribution in [0.3, 0.4) is 0 Å². The van der Waals surface area contributed by atoms with E-state index < -0.39 is 95.7 Å². The molecule has 0 aliphatic heterocycles. The fourth-order valence-electron chi connectivity index (χ4n) is 6.59. The number of aliphatic hydroxyl groups is 6. The number of allylic oxidation sites excluding steroid dienone is 8. The number of phosphoric acid groups is 2. The third-order valence-corrected chi connectivity index (χ3v) is 11.8. The molecule has 0 heterocycles. The zero-order chi connectivity index (χ0) is 48.5. The first-order valence-corrected chi connectivity index (χ1v) is 26.1. The summed E-state index contributed by atoms with van der Waals surface area (Å²) in [6, 6.07) is 0. The number of aliphatic hydroxyl groups excluding tert-OH is 6. The molecule has 5 unspecified atom stereocenters.